The van der Waals surface area contributed by atoms with Crippen LogP contribution < -0.4 is 20.3 Å². The maximum Gasteiger partial charge on any atom is 0.357 e. The van der Waals surface area contributed by atoms with Gasteiger partial charge in [-0.05, 0) is 42.5 Å². The Balaban J connectivity index is 1.00. The Labute approximate surface area is 261 Å². The number of ether oxygens (including phenoxy) is 2. The fraction of sp³-hybridized carbons (Fsp3) is 0.324. The van der Waals surface area contributed by atoms with Crippen LogP contribution in [0.1, 0.15) is 23.2 Å². The first-order valence-electron chi connectivity index (χ1n) is 15.3. The zero-order valence-corrected chi connectivity index (χ0v) is 24.9. The molecule has 0 radical (unpaired) electrons. The predicted octanol–water partition coefficient (Wildman–Crippen LogP) is 4.14. The number of hydrogen-bond donors (Lipinski definition) is 2. The topological polar surface area (TPSA) is 127 Å². The Kier molecular flexibility index (Phi) is 8.10. The average Bonchev–Trinajstić information content (AvgIpc) is 3.06. The number of fused-ring (bicyclic) bond motifs is 2. The maximum absolute atomic E-state index is 12.4. The molecule has 0 unspecified atom stereocenters. The van der Waals surface area contributed by atoms with Crippen molar-refractivity contribution >= 4 is 23.2 Å². The van der Waals surface area contributed by atoms with Gasteiger partial charge in [0.1, 0.15) is 17.6 Å². The molecule has 3 aliphatic rings. The van der Waals surface area contributed by atoms with E-state index in [1.165, 1.54) is 0 Å². The van der Waals surface area contributed by atoms with Crippen LogP contribution in [-0.4, -0.2) is 83.9 Å². The van der Waals surface area contributed by atoms with Crippen LogP contribution >= 0.6 is 0 Å². The lowest BCUT2D eigenvalue weighted by Gasteiger charge is -2.51. The Hall–Kier alpha value is -4.87. The second kappa shape index (κ2) is 12.6. The summed E-state index contributed by atoms with van der Waals surface area (Å²) in [4.78, 5) is 22.7. The molecule has 1 aromatic heterocycles. The van der Waals surface area contributed by atoms with Crippen molar-refractivity contribution in [2.24, 2.45) is 0 Å². The highest BCUT2D eigenvalue weighted by Crippen LogP contribution is 2.36. The normalized spacial score (nSPS) is 20.5. The van der Waals surface area contributed by atoms with Crippen LogP contribution in [-0.2, 0) is 9.57 Å². The van der Waals surface area contributed by atoms with E-state index in [2.05, 4.69) is 32.1 Å². The number of hydrogen-bond acceptors (Lipinski definition) is 11. The molecule has 3 aromatic carbocycles. The van der Waals surface area contributed by atoms with E-state index >= 15 is 0 Å². The number of carbonyl (C=O) groups is 1. The molecule has 4 heterocycles. The number of para-hydroxylation sites is 1. The van der Waals surface area contributed by atoms with Crippen molar-refractivity contribution in [2.45, 2.75) is 31.0 Å². The first-order chi connectivity index (χ1) is 22.0. The van der Waals surface area contributed by atoms with E-state index in [-0.39, 0.29) is 29.9 Å². The zero-order valence-electron chi connectivity index (χ0n) is 24.9. The van der Waals surface area contributed by atoms with E-state index in [4.69, 9.17) is 20.0 Å². The number of hydroxylamine groups is 2. The highest BCUT2D eigenvalue weighted by molar-refractivity contribution is 5.89. The van der Waals surface area contributed by atoms with Gasteiger partial charge in [0.25, 0.3) is 0 Å². The number of rotatable bonds is 7. The molecule has 3 fully saturated rings. The highest BCUT2D eigenvalue weighted by atomic mass is 16.7. The van der Waals surface area contributed by atoms with Gasteiger partial charge in [-0.2, -0.15) is 0 Å². The van der Waals surface area contributed by atoms with Crippen LogP contribution in [0.15, 0.2) is 84.9 Å². The van der Waals surface area contributed by atoms with E-state index in [1.54, 1.807) is 29.3 Å². The summed E-state index contributed by atoms with van der Waals surface area (Å²) in [6, 6.07) is 26.5. The Bertz CT molecular complexity index is 1630. The number of nitrogen functional groups attached to an aromatic ring is 1. The molecule has 0 amide bonds. The summed E-state index contributed by atoms with van der Waals surface area (Å²) in [5, 5.41) is 20.6. The van der Waals surface area contributed by atoms with Crippen molar-refractivity contribution in [1.82, 2.24) is 15.3 Å². The van der Waals surface area contributed by atoms with Crippen LogP contribution in [0.3, 0.4) is 0 Å². The first-order valence-corrected chi connectivity index (χ1v) is 15.3. The molecule has 2 atom stereocenters. The summed E-state index contributed by atoms with van der Waals surface area (Å²) in [6.07, 6.45) is 1.55. The van der Waals surface area contributed by atoms with Gasteiger partial charge in [-0.25, -0.2) is 4.79 Å². The number of benzene rings is 3. The lowest BCUT2D eigenvalue weighted by molar-refractivity contribution is -0.131. The van der Waals surface area contributed by atoms with E-state index in [0.29, 0.717) is 62.0 Å². The third-order valence-electron chi connectivity index (χ3n) is 8.63. The molecule has 3 aliphatic heterocycles. The molecule has 7 rings (SSSR count). The first kappa shape index (κ1) is 28.9. The lowest BCUT2D eigenvalue weighted by atomic mass is 10.0. The van der Waals surface area contributed by atoms with Gasteiger partial charge in [-0.15, -0.1) is 15.3 Å². The summed E-state index contributed by atoms with van der Waals surface area (Å²) in [6.45, 7) is 3.79. The van der Waals surface area contributed by atoms with Gasteiger partial charge in [0.15, 0.2) is 5.82 Å². The number of piperidine rings is 1. The number of phenolic OH excluding ortho intramolecular Hbond substituents is 1. The minimum atomic E-state index is -0.337. The maximum atomic E-state index is 12.4. The van der Waals surface area contributed by atoms with Crippen molar-refractivity contribution in [3.05, 3.63) is 90.5 Å². The minimum absolute atomic E-state index is 0.0343. The van der Waals surface area contributed by atoms with Gasteiger partial charge < -0.3 is 35.0 Å². The summed E-state index contributed by atoms with van der Waals surface area (Å²) in [5.74, 6) is 0.995. The standard InChI is InChI=1S/C34H36N6O5/c35-33-31(18-30(36-37-33)29-11-4-5-12-32(29)41)38-19-25-21-43-22-26(20-38)40(25)24-9-6-10-28(17-24)44-27-13-15-39(16-14-27)45-34(42)23-7-2-1-3-8-23/h1-12,17-18,25-27,41H,13-16,19-22H2,(H2,35,37)/t25-,26+. The molecule has 11 nitrogen and oxygen atoms in total. The van der Waals surface area contributed by atoms with Gasteiger partial charge in [-0.3, -0.25) is 0 Å². The Morgan fingerprint density at radius 2 is 1.62 bits per heavy atom. The van der Waals surface area contributed by atoms with E-state index < -0.39 is 0 Å². The number of morpholine rings is 1. The molecule has 0 aliphatic carbocycles. The van der Waals surface area contributed by atoms with Gasteiger partial charge in [-0.1, -0.05) is 36.4 Å². The SMILES string of the molecule is Nc1nnc(-c2ccccc2O)cc1N1C[C@H]2COC[C@@H](C1)N2c1cccc(OC2CCN(OC(=O)c3ccccc3)CC2)c1. The molecule has 45 heavy (non-hydrogen) atoms. The van der Waals surface area contributed by atoms with Crippen LogP contribution in [0.5, 0.6) is 11.5 Å². The molecule has 3 N–H and O–H groups in total. The van der Waals surface area contributed by atoms with Crippen molar-refractivity contribution in [3.63, 3.8) is 0 Å². The molecular formula is C34H36N6O5. The van der Waals surface area contributed by atoms with Crippen LogP contribution in [0.25, 0.3) is 11.3 Å². The number of aromatic nitrogens is 2. The molecule has 2 bridgehead atoms. The zero-order chi connectivity index (χ0) is 30.8. The second-order valence-electron chi connectivity index (χ2n) is 11.7. The van der Waals surface area contributed by atoms with Crippen LogP contribution in [0, 0.1) is 0 Å². The summed E-state index contributed by atoms with van der Waals surface area (Å²) in [7, 11) is 0. The average molecular weight is 609 g/mol. The number of nitrogens with zero attached hydrogens (tertiary/aromatic N) is 5. The minimum Gasteiger partial charge on any atom is -0.507 e. The molecule has 11 heteroatoms. The number of carbonyl (C=O) groups excluding carboxylic acids is 1. The molecular weight excluding hydrogens is 572 g/mol. The van der Waals surface area contributed by atoms with E-state index in [9.17, 15) is 9.90 Å². The van der Waals surface area contributed by atoms with Crippen molar-refractivity contribution < 1.29 is 24.2 Å². The van der Waals surface area contributed by atoms with Crippen LogP contribution in [0.4, 0.5) is 17.2 Å². The number of aromatic hydroxyl groups is 1. The van der Waals surface area contributed by atoms with Gasteiger partial charge in [0, 0.05) is 56.3 Å². The monoisotopic (exact) mass is 608 g/mol. The largest absolute Gasteiger partial charge is 0.507 e. The quantitative estimate of drug-likeness (QED) is 0.314. The van der Waals surface area contributed by atoms with Gasteiger partial charge >= 0.3 is 5.97 Å². The number of nitrogens with two attached hydrogens (primary N) is 1. The number of phenols is 1. The van der Waals surface area contributed by atoms with Gasteiger partial charge in [0.05, 0.1) is 42.2 Å². The third kappa shape index (κ3) is 6.22. The third-order valence-corrected chi connectivity index (χ3v) is 8.63. The lowest BCUT2D eigenvalue weighted by Crippen LogP contribution is -2.65. The molecule has 4 aromatic rings. The molecule has 232 valence electrons. The van der Waals surface area contributed by atoms with Crippen molar-refractivity contribution in [2.75, 3.05) is 54.9 Å². The molecule has 0 saturated carbocycles. The highest BCUT2D eigenvalue weighted by Gasteiger charge is 2.39. The predicted molar refractivity (Wildman–Crippen MR) is 170 cm³/mol. The number of piperazine rings is 1. The van der Waals surface area contributed by atoms with Crippen molar-refractivity contribution in [3.8, 4) is 22.8 Å². The Morgan fingerprint density at radius 3 is 2.38 bits per heavy atom. The van der Waals surface area contributed by atoms with Crippen molar-refractivity contribution in [1.29, 1.82) is 0 Å². The fourth-order valence-corrected chi connectivity index (χ4v) is 6.44. The summed E-state index contributed by atoms with van der Waals surface area (Å²) < 4.78 is 12.4. The van der Waals surface area contributed by atoms with E-state index in [0.717, 1.165) is 30.0 Å². The Morgan fingerprint density at radius 1 is 0.889 bits per heavy atom. The smallest absolute Gasteiger partial charge is 0.357 e. The molecule has 0 spiro atoms. The number of anilines is 3. The summed E-state index contributed by atoms with van der Waals surface area (Å²) >= 11 is 0. The molecule has 3 saturated heterocycles. The summed E-state index contributed by atoms with van der Waals surface area (Å²) in [5.41, 5.74) is 9.96. The van der Waals surface area contributed by atoms with E-state index in [1.807, 2.05) is 48.5 Å². The van der Waals surface area contributed by atoms with Crippen LogP contribution in [0.2, 0.25) is 0 Å². The second-order valence-corrected chi connectivity index (χ2v) is 11.7. The van der Waals surface area contributed by atoms with Gasteiger partial charge in [0.2, 0.25) is 0 Å². The fourth-order valence-electron chi connectivity index (χ4n) is 6.44.